The van der Waals surface area contributed by atoms with Gasteiger partial charge < -0.3 is 30.4 Å². The third-order valence-electron chi connectivity index (χ3n) is 7.61. The number of halogens is 2. The van der Waals surface area contributed by atoms with Crippen LogP contribution in [0.4, 0.5) is 46.5 Å². The zero-order chi connectivity index (χ0) is 43.6. The van der Waals surface area contributed by atoms with Gasteiger partial charge in [0.05, 0.1) is 19.6 Å². The molecule has 0 aliphatic carbocycles. The van der Waals surface area contributed by atoms with Crippen LogP contribution in [0.25, 0.3) is 12.2 Å². The first-order valence-electron chi connectivity index (χ1n) is 16.0. The Morgan fingerprint density at radius 2 is 0.726 bits per heavy atom. The Morgan fingerprint density at radius 1 is 0.452 bits per heavy atom. The topological polar surface area (TPSA) is 360 Å². The van der Waals surface area contributed by atoms with E-state index in [4.69, 9.17) is 33.5 Å². The summed E-state index contributed by atoms with van der Waals surface area (Å²) in [6.45, 7) is 0. The monoisotopic (exact) mass is 980 g/mol. The molecule has 0 radical (unpaired) electrons. The van der Waals surface area contributed by atoms with E-state index in [1.165, 1.54) is 72.8 Å². The fourth-order valence-electron chi connectivity index (χ4n) is 5.01. The SMILES string of the molecule is NS(=O)(=O)c1ccc(Nc2nc(Cl)nc(Nc3ccc(C=Cc4ccc(Nc5nc(Cl)nc(Nc6ccc(S(N)(=O)=O)cc6)n5)cc4S(=O)(=O)[O-])c(S(=O)(=O)[O-])c3)n2)cc1.[Na+].[Na+]. The van der Waals surface area contributed by atoms with Gasteiger partial charge in [-0.25, -0.2) is 43.9 Å². The molecule has 6 rings (SSSR count). The van der Waals surface area contributed by atoms with E-state index in [9.17, 15) is 42.8 Å². The fraction of sp³-hybridized carbons (Fsp3) is 0. The van der Waals surface area contributed by atoms with Crippen LogP contribution < -0.4 is 90.7 Å². The maximum atomic E-state index is 12.4. The predicted molar refractivity (Wildman–Crippen MR) is 216 cm³/mol. The van der Waals surface area contributed by atoms with E-state index >= 15 is 0 Å². The first-order valence-corrected chi connectivity index (χ1v) is 22.7. The Kier molecular flexibility index (Phi) is 16.6. The van der Waals surface area contributed by atoms with E-state index in [1.54, 1.807) is 0 Å². The zero-order valence-electron chi connectivity index (χ0n) is 31.5. The molecule has 0 unspecified atom stereocenters. The number of benzene rings is 4. The second-order valence-corrected chi connectivity index (χ2v) is 18.4. The fourth-order valence-corrected chi connectivity index (χ4v) is 7.75. The molecule has 4 aromatic carbocycles. The molecule has 0 aliphatic rings. The molecule has 0 bridgehead atoms. The van der Waals surface area contributed by atoms with Crippen LogP contribution in [0.5, 0.6) is 0 Å². The molecule has 0 fully saturated rings. The minimum atomic E-state index is -5.18. The summed E-state index contributed by atoms with van der Waals surface area (Å²) in [4.78, 5) is 22.2. The standard InChI is InChI=1S/C32H26Cl2N12O10S4.2Na/c33-27-41-29(37-19-7-11-23(12-8-19)57(35,47)48)45-31(43-27)39-21-5-3-17(25(15-21)59(51,52)53)1-2-18-4-6-22(16-26(18)60(54,55)56)40-32-44-28(34)42-30(46-32)38-20-9-13-24(14-10-20)58(36,49)50;;/h1-16H,(H2,35,47,48)(H2,36,49,50)(H,51,52,53)(H,54,55,56)(H2,37,39,41,43,45)(H2,38,40,42,44,46);;/q;2*+1/p-2. The summed E-state index contributed by atoms with van der Waals surface area (Å²) in [7, 11) is -18.2. The van der Waals surface area contributed by atoms with Gasteiger partial charge in [0.2, 0.25) is 54.4 Å². The van der Waals surface area contributed by atoms with Gasteiger partial charge in [0, 0.05) is 22.7 Å². The number of nitrogens with one attached hydrogen (secondary N) is 4. The van der Waals surface area contributed by atoms with Crippen molar-refractivity contribution >= 4 is 122 Å². The number of nitrogens with zero attached hydrogens (tertiary/aromatic N) is 6. The molecule has 22 nitrogen and oxygen atoms in total. The summed E-state index contributed by atoms with van der Waals surface area (Å²) in [6, 6.07) is 17.5. The van der Waals surface area contributed by atoms with E-state index < -0.39 is 50.1 Å². The van der Waals surface area contributed by atoms with Gasteiger partial charge in [0.1, 0.15) is 20.2 Å². The van der Waals surface area contributed by atoms with Crippen molar-refractivity contribution in [3.05, 3.63) is 107 Å². The van der Waals surface area contributed by atoms with Gasteiger partial charge in [-0.3, -0.25) is 0 Å². The second-order valence-electron chi connectivity index (χ2n) is 11.9. The van der Waals surface area contributed by atoms with Crippen molar-refractivity contribution in [2.75, 3.05) is 21.3 Å². The summed E-state index contributed by atoms with van der Waals surface area (Å²) < 4.78 is 120. The molecule has 2 heterocycles. The van der Waals surface area contributed by atoms with E-state index in [2.05, 4.69) is 51.2 Å². The maximum Gasteiger partial charge on any atom is 1.00 e. The van der Waals surface area contributed by atoms with Crippen molar-refractivity contribution in [1.82, 2.24) is 29.9 Å². The molecular weight excluding hydrogens is 958 g/mol. The first-order chi connectivity index (χ1) is 28.0. The molecule has 8 N–H and O–H groups in total. The molecule has 0 saturated carbocycles. The van der Waals surface area contributed by atoms with Crippen LogP contribution in [0, 0.1) is 0 Å². The molecule has 0 amide bonds. The number of anilines is 8. The van der Waals surface area contributed by atoms with Gasteiger partial charge >= 0.3 is 59.1 Å². The maximum absolute atomic E-state index is 12.4. The van der Waals surface area contributed by atoms with Crippen molar-refractivity contribution in [2.45, 2.75) is 19.6 Å². The summed E-state index contributed by atoms with van der Waals surface area (Å²) in [5.41, 5.74) is 0.312. The van der Waals surface area contributed by atoms with E-state index in [-0.39, 0.29) is 126 Å². The molecule has 0 aliphatic heterocycles. The first kappa shape index (κ1) is 50.7. The van der Waals surface area contributed by atoms with Gasteiger partial charge in [-0.15, -0.1) is 0 Å². The summed E-state index contributed by atoms with van der Waals surface area (Å²) in [5.74, 6) is -0.596. The number of primary sulfonamides is 2. The number of sulfonamides is 2. The van der Waals surface area contributed by atoms with E-state index in [1.807, 2.05) is 0 Å². The molecule has 0 spiro atoms. The van der Waals surface area contributed by atoms with Crippen molar-refractivity contribution < 1.29 is 102 Å². The van der Waals surface area contributed by atoms with Gasteiger partial charge in [-0.1, -0.05) is 24.3 Å². The molecule has 6 aromatic rings. The molecule has 312 valence electrons. The zero-order valence-corrected chi connectivity index (χ0v) is 40.3. The van der Waals surface area contributed by atoms with Crippen LogP contribution in [0.2, 0.25) is 10.6 Å². The molecule has 0 atom stereocenters. The quantitative estimate of drug-likeness (QED) is 0.0377. The van der Waals surface area contributed by atoms with Gasteiger partial charge in [0.25, 0.3) is 0 Å². The van der Waals surface area contributed by atoms with Crippen LogP contribution in [0.15, 0.2) is 105 Å². The van der Waals surface area contributed by atoms with Crippen LogP contribution in [0.1, 0.15) is 11.1 Å². The van der Waals surface area contributed by atoms with E-state index in [0.29, 0.717) is 11.4 Å². The average molecular weight is 982 g/mol. The summed E-state index contributed by atoms with van der Waals surface area (Å²) >= 11 is 12.1. The Balaban J connectivity index is 0.00000422. The number of rotatable bonds is 14. The minimum absolute atomic E-state index is 0. The minimum Gasteiger partial charge on any atom is -0.744 e. The van der Waals surface area contributed by atoms with Crippen LogP contribution in [0.3, 0.4) is 0 Å². The van der Waals surface area contributed by atoms with E-state index in [0.717, 1.165) is 24.3 Å². The van der Waals surface area contributed by atoms with Crippen molar-refractivity contribution in [3.8, 4) is 0 Å². The van der Waals surface area contributed by atoms with Crippen molar-refractivity contribution in [3.63, 3.8) is 0 Å². The van der Waals surface area contributed by atoms with Gasteiger partial charge in [-0.2, -0.15) is 29.9 Å². The Morgan fingerprint density at radius 3 is 1.00 bits per heavy atom. The van der Waals surface area contributed by atoms with Gasteiger partial charge in [0.15, 0.2) is 0 Å². The predicted octanol–water partition coefficient (Wildman–Crippen LogP) is -2.38. The smallest absolute Gasteiger partial charge is 0.744 e. The van der Waals surface area contributed by atoms with Crippen LogP contribution >= 0.6 is 23.2 Å². The molecule has 30 heteroatoms. The summed E-state index contributed by atoms with van der Waals surface area (Å²) in [6.07, 6.45) is 2.21. The second kappa shape index (κ2) is 20.3. The number of aromatic nitrogens is 6. The Bertz CT molecular complexity index is 2930. The average Bonchev–Trinajstić information content (AvgIpc) is 3.13. The molecule has 62 heavy (non-hydrogen) atoms. The third-order valence-corrected chi connectivity index (χ3v) is 11.6. The van der Waals surface area contributed by atoms with Crippen molar-refractivity contribution in [2.24, 2.45) is 10.3 Å². The number of nitrogens with two attached hydrogens (primary N) is 2. The largest absolute Gasteiger partial charge is 1.00 e. The van der Waals surface area contributed by atoms with Crippen LogP contribution in [-0.2, 0) is 40.3 Å². The normalized spacial score (nSPS) is 11.9. The summed E-state index contributed by atoms with van der Waals surface area (Å²) in [5, 5.41) is 20.6. The molecule has 0 saturated heterocycles. The van der Waals surface area contributed by atoms with Crippen molar-refractivity contribution in [1.29, 1.82) is 0 Å². The van der Waals surface area contributed by atoms with Crippen LogP contribution in [-0.4, -0.2) is 72.7 Å². The molecular formula is C32H24Cl2N12Na2O10S4. The third kappa shape index (κ3) is 13.8. The van der Waals surface area contributed by atoms with Gasteiger partial charge in [-0.05, 0) is 107 Å². The Labute approximate surface area is 407 Å². The number of hydrogen-bond donors (Lipinski definition) is 6. The molecule has 2 aromatic heterocycles. The Hall–Kier alpha value is -3.94. The number of hydrogen-bond acceptors (Lipinski definition) is 20.